The molecule has 2 rings (SSSR count). The van der Waals surface area contributed by atoms with Crippen LogP contribution in [0, 0.1) is 5.92 Å². The van der Waals surface area contributed by atoms with Crippen LogP contribution in [0.4, 0.5) is 0 Å². The van der Waals surface area contributed by atoms with Crippen LogP contribution in [-0.4, -0.2) is 25.3 Å². The molecule has 0 atom stereocenters. The number of hydrogen-bond acceptors (Lipinski definition) is 4. The molecular formula is C18H24N2O3. The summed E-state index contributed by atoms with van der Waals surface area (Å²) in [6, 6.07) is 5.54. The lowest BCUT2D eigenvalue weighted by Gasteiger charge is -2.11. The monoisotopic (exact) mass is 316 g/mol. The number of rotatable bonds is 8. The Morgan fingerprint density at radius 2 is 2.13 bits per heavy atom. The van der Waals surface area contributed by atoms with E-state index >= 15 is 0 Å². The first-order valence-corrected chi connectivity index (χ1v) is 8.08. The zero-order chi connectivity index (χ0) is 16.5. The Kier molecular flexibility index (Phi) is 6.66. The quantitative estimate of drug-likeness (QED) is 0.455. The molecule has 1 amide bonds. The van der Waals surface area contributed by atoms with E-state index in [2.05, 4.69) is 17.1 Å². The first kappa shape index (κ1) is 17.1. The lowest BCUT2D eigenvalue weighted by molar-refractivity contribution is -0.124. The van der Waals surface area contributed by atoms with E-state index in [1.165, 1.54) is 0 Å². The van der Waals surface area contributed by atoms with Gasteiger partial charge in [0.1, 0.15) is 6.61 Å². The number of ether oxygens (including phenoxy) is 2. The van der Waals surface area contributed by atoms with Crippen molar-refractivity contribution < 1.29 is 14.3 Å². The molecule has 0 spiro atoms. The Morgan fingerprint density at radius 3 is 2.83 bits per heavy atom. The highest BCUT2D eigenvalue weighted by Crippen LogP contribution is 2.28. The molecule has 5 heteroatoms. The van der Waals surface area contributed by atoms with Gasteiger partial charge in [-0.25, -0.2) is 5.43 Å². The Bertz CT molecular complexity index is 563. The molecule has 1 N–H and O–H groups in total. The second-order valence-corrected chi connectivity index (χ2v) is 5.45. The van der Waals surface area contributed by atoms with Crippen molar-refractivity contribution in [3.63, 3.8) is 0 Å². The highest BCUT2D eigenvalue weighted by atomic mass is 16.5. The van der Waals surface area contributed by atoms with E-state index < -0.39 is 0 Å². The SMILES string of the molecule is C=CCOc1ccc(/C=N\NC(=O)C2CCCC2)cc1OCC. The lowest BCUT2D eigenvalue weighted by Crippen LogP contribution is -2.24. The van der Waals surface area contributed by atoms with Gasteiger partial charge in [0, 0.05) is 5.92 Å². The van der Waals surface area contributed by atoms with Crippen molar-refractivity contribution in [2.24, 2.45) is 11.0 Å². The van der Waals surface area contributed by atoms with Crippen LogP contribution >= 0.6 is 0 Å². The Labute approximate surface area is 137 Å². The largest absolute Gasteiger partial charge is 0.490 e. The number of carbonyl (C=O) groups is 1. The van der Waals surface area contributed by atoms with Gasteiger partial charge in [0.25, 0.3) is 0 Å². The van der Waals surface area contributed by atoms with E-state index in [0.717, 1.165) is 31.2 Å². The number of nitrogens with zero attached hydrogens (tertiary/aromatic N) is 1. The number of hydrazone groups is 1. The molecule has 0 radical (unpaired) electrons. The van der Waals surface area contributed by atoms with Crippen molar-refractivity contribution in [3.8, 4) is 11.5 Å². The van der Waals surface area contributed by atoms with E-state index in [0.29, 0.717) is 24.7 Å². The summed E-state index contributed by atoms with van der Waals surface area (Å²) in [5.74, 6) is 1.44. The third kappa shape index (κ3) is 5.13. The van der Waals surface area contributed by atoms with Crippen molar-refractivity contribution in [2.75, 3.05) is 13.2 Å². The molecule has 0 aromatic heterocycles. The van der Waals surface area contributed by atoms with Gasteiger partial charge in [-0.05, 0) is 43.5 Å². The predicted molar refractivity (Wildman–Crippen MR) is 91.0 cm³/mol. The second-order valence-electron chi connectivity index (χ2n) is 5.45. The molecular weight excluding hydrogens is 292 g/mol. The van der Waals surface area contributed by atoms with Crippen LogP contribution in [0.5, 0.6) is 11.5 Å². The van der Waals surface area contributed by atoms with Gasteiger partial charge < -0.3 is 9.47 Å². The number of nitrogens with one attached hydrogen (secondary N) is 1. The van der Waals surface area contributed by atoms with Crippen LogP contribution < -0.4 is 14.9 Å². The van der Waals surface area contributed by atoms with Crippen molar-refractivity contribution in [1.29, 1.82) is 0 Å². The average Bonchev–Trinajstić information content (AvgIpc) is 3.09. The topological polar surface area (TPSA) is 59.9 Å². The third-order valence-electron chi connectivity index (χ3n) is 3.74. The van der Waals surface area contributed by atoms with Crippen LogP contribution in [0.2, 0.25) is 0 Å². The standard InChI is InChI=1S/C18H24N2O3/c1-3-11-23-16-10-9-14(12-17(16)22-4-2)13-19-20-18(21)15-7-5-6-8-15/h3,9-10,12-13,15H,1,4-8,11H2,2H3,(H,20,21)/b19-13-. The van der Waals surface area contributed by atoms with Gasteiger partial charge in [0.2, 0.25) is 5.91 Å². The van der Waals surface area contributed by atoms with Crippen molar-refractivity contribution in [3.05, 3.63) is 36.4 Å². The highest BCUT2D eigenvalue weighted by Gasteiger charge is 2.21. The van der Waals surface area contributed by atoms with Crippen LogP contribution in [-0.2, 0) is 4.79 Å². The zero-order valence-electron chi connectivity index (χ0n) is 13.6. The normalized spacial score (nSPS) is 14.8. The van der Waals surface area contributed by atoms with Crippen LogP contribution in [0.15, 0.2) is 36.0 Å². The van der Waals surface area contributed by atoms with Gasteiger partial charge in [0.15, 0.2) is 11.5 Å². The van der Waals surface area contributed by atoms with E-state index in [-0.39, 0.29) is 11.8 Å². The van der Waals surface area contributed by atoms with Gasteiger partial charge in [0.05, 0.1) is 12.8 Å². The number of amides is 1. The molecule has 0 bridgehead atoms. The van der Waals surface area contributed by atoms with Crippen molar-refractivity contribution >= 4 is 12.1 Å². The molecule has 23 heavy (non-hydrogen) atoms. The summed E-state index contributed by atoms with van der Waals surface area (Å²) in [6.45, 7) is 6.51. The number of carbonyl (C=O) groups excluding carboxylic acids is 1. The lowest BCUT2D eigenvalue weighted by atomic mass is 10.1. The number of benzene rings is 1. The minimum Gasteiger partial charge on any atom is -0.490 e. The fourth-order valence-corrected chi connectivity index (χ4v) is 2.59. The third-order valence-corrected chi connectivity index (χ3v) is 3.74. The minimum atomic E-state index is 0.00900. The van der Waals surface area contributed by atoms with Gasteiger partial charge in [-0.15, -0.1) is 0 Å². The molecule has 0 unspecified atom stereocenters. The maximum absolute atomic E-state index is 11.9. The first-order chi connectivity index (χ1) is 11.2. The smallest absolute Gasteiger partial charge is 0.243 e. The average molecular weight is 316 g/mol. The number of hydrogen-bond donors (Lipinski definition) is 1. The maximum Gasteiger partial charge on any atom is 0.243 e. The van der Waals surface area contributed by atoms with Crippen LogP contribution in [0.25, 0.3) is 0 Å². The summed E-state index contributed by atoms with van der Waals surface area (Å²) in [7, 11) is 0. The Hall–Kier alpha value is -2.30. The van der Waals surface area contributed by atoms with E-state index in [1.54, 1.807) is 12.3 Å². The van der Waals surface area contributed by atoms with E-state index in [4.69, 9.17) is 9.47 Å². The zero-order valence-corrected chi connectivity index (χ0v) is 13.6. The molecule has 1 fully saturated rings. The molecule has 1 aliphatic carbocycles. The molecule has 124 valence electrons. The highest BCUT2D eigenvalue weighted by molar-refractivity contribution is 5.84. The Balaban J connectivity index is 1.98. The van der Waals surface area contributed by atoms with Gasteiger partial charge in [-0.2, -0.15) is 5.10 Å². The summed E-state index contributed by atoms with van der Waals surface area (Å²) in [5, 5.41) is 4.04. The second kappa shape index (κ2) is 8.98. The Morgan fingerprint density at radius 1 is 1.35 bits per heavy atom. The van der Waals surface area contributed by atoms with Crippen LogP contribution in [0.1, 0.15) is 38.2 Å². The summed E-state index contributed by atoms with van der Waals surface area (Å²) < 4.78 is 11.1. The predicted octanol–water partition coefficient (Wildman–Crippen LogP) is 3.29. The van der Waals surface area contributed by atoms with Crippen molar-refractivity contribution in [2.45, 2.75) is 32.6 Å². The summed E-state index contributed by atoms with van der Waals surface area (Å²) in [4.78, 5) is 11.9. The summed E-state index contributed by atoms with van der Waals surface area (Å²) >= 11 is 0. The minimum absolute atomic E-state index is 0.00900. The fraction of sp³-hybridized carbons (Fsp3) is 0.444. The van der Waals surface area contributed by atoms with Gasteiger partial charge in [-0.1, -0.05) is 25.5 Å². The van der Waals surface area contributed by atoms with Crippen molar-refractivity contribution in [1.82, 2.24) is 5.43 Å². The molecule has 1 saturated carbocycles. The molecule has 5 nitrogen and oxygen atoms in total. The molecule has 1 aromatic rings. The van der Waals surface area contributed by atoms with Gasteiger partial charge >= 0.3 is 0 Å². The molecule has 1 aromatic carbocycles. The molecule has 1 aliphatic rings. The summed E-state index contributed by atoms with van der Waals surface area (Å²) in [6.07, 6.45) is 7.49. The van der Waals surface area contributed by atoms with E-state index in [9.17, 15) is 4.79 Å². The van der Waals surface area contributed by atoms with E-state index in [1.807, 2.05) is 25.1 Å². The maximum atomic E-state index is 11.9. The van der Waals surface area contributed by atoms with Gasteiger partial charge in [-0.3, -0.25) is 4.79 Å². The molecule has 0 aliphatic heterocycles. The van der Waals surface area contributed by atoms with Crippen LogP contribution in [0.3, 0.4) is 0 Å². The first-order valence-electron chi connectivity index (χ1n) is 8.08. The summed E-state index contributed by atoms with van der Waals surface area (Å²) in [5.41, 5.74) is 3.46. The molecule has 0 saturated heterocycles. The molecule has 0 heterocycles. The fourth-order valence-electron chi connectivity index (χ4n) is 2.59.